The molecule has 1 aliphatic carbocycles. The van der Waals surface area contributed by atoms with Gasteiger partial charge in [-0.25, -0.2) is 4.39 Å². The van der Waals surface area contributed by atoms with Crippen molar-refractivity contribution in [3.05, 3.63) is 30.1 Å². The van der Waals surface area contributed by atoms with Crippen LogP contribution < -0.4 is 0 Å². The molecule has 1 fully saturated rings. The lowest BCUT2D eigenvalue weighted by atomic mass is 10.1. The second-order valence-electron chi connectivity index (χ2n) is 2.96. The molecule has 1 aromatic rings. The first-order valence-electron chi connectivity index (χ1n) is 3.87. The number of nitrogens with zero attached hydrogens (tertiary/aromatic N) is 1. The summed E-state index contributed by atoms with van der Waals surface area (Å²) in [7, 11) is 0. The van der Waals surface area contributed by atoms with Gasteiger partial charge in [0.25, 0.3) is 0 Å². The Labute approximate surface area is 69.4 Å². The normalized spacial score (nSPS) is 26.8. The molecule has 1 saturated carbocycles. The molecule has 0 saturated heterocycles. The number of carbonyl (C=O) groups excluding carboxylic acids is 1. The topological polar surface area (TPSA) is 30.0 Å². The summed E-state index contributed by atoms with van der Waals surface area (Å²) in [6.45, 7) is 0. The predicted octanol–water partition coefficient (Wildman–Crippen LogP) is 1.62. The molecular formula is C9H8FNO. The fourth-order valence-electron chi connectivity index (χ4n) is 1.16. The van der Waals surface area contributed by atoms with E-state index in [4.69, 9.17) is 0 Å². The van der Waals surface area contributed by atoms with Crippen molar-refractivity contribution < 1.29 is 9.18 Å². The Balaban J connectivity index is 2.16. The first-order chi connectivity index (χ1) is 5.79. The quantitative estimate of drug-likeness (QED) is 0.623. The largest absolute Gasteiger partial charge is 0.294 e. The van der Waals surface area contributed by atoms with Gasteiger partial charge in [-0.15, -0.1) is 0 Å². The highest BCUT2D eigenvalue weighted by molar-refractivity contribution is 5.99. The average molecular weight is 165 g/mol. The number of hydrogen-bond donors (Lipinski definition) is 0. The van der Waals surface area contributed by atoms with Crippen molar-refractivity contribution in [1.29, 1.82) is 0 Å². The summed E-state index contributed by atoms with van der Waals surface area (Å²) in [6, 6.07) is 3.35. The maximum absolute atomic E-state index is 12.5. The van der Waals surface area contributed by atoms with Gasteiger partial charge in [-0.3, -0.25) is 9.78 Å². The Kier molecular flexibility index (Phi) is 1.64. The maximum atomic E-state index is 12.5. The number of Topliss-reactive ketones (excluding diaryl/α,β-unsaturated/α-hetero) is 1. The number of aromatic nitrogens is 1. The van der Waals surface area contributed by atoms with Gasteiger partial charge in [0, 0.05) is 18.0 Å². The lowest BCUT2D eigenvalue weighted by Crippen LogP contribution is -2.03. The number of hydrogen-bond acceptors (Lipinski definition) is 2. The molecule has 0 aromatic carbocycles. The van der Waals surface area contributed by atoms with Gasteiger partial charge in [0.05, 0.1) is 5.92 Å². The van der Waals surface area contributed by atoms with Crippen LogP contribution in [0.15, 0.2) is 24.5 Å². The Morgan fingerprint density at radius 1 is 1.67 bits per heavy atom. The molecule has 0 aliphatic heterocycles. The minimum Gasteiger partial charge on any atom is -0.294 e. The van der Waals surface area contributed by atoms with E-state index in [-0.39, 0.29) is 5.78 Å². The fourth-order valence-corrected chi connectivity index (χ4v) is 1.16. The van der Waals surface area contributed by atoms with Gasteiger partial charge < -0.3 is 0 Å². The Morgan fingerprint density at radius 3 is 2.92 bits per heavy atom. The number of ketones is 1. The van der Waals surface area contributed by atoms with E-state index < -0.39 is 12.1 Å². The van der Waals surface area contributed by atoms with Crippen LogP contribution in [0.4, 0.5) is 4.39 Å². The smallest absolute Gasteiger partial charge is 0.170 e. The third kappa shape index (κ3) is 1.22. The molecule has 1 aromatic heterocycles. The molecule has 2 rings (SSSR count). The second-order valence-corrected chi connectivity index (χ2v) is 2.96. The van der Waals surface area contributed by atoms with E-state index in [1.807, 2.05) is 0 Å². The van der Waals surface area contributed by atoms with Crippen molar-refractivity contribution in [2.75, 3.05) is 0 Å². The van der Waals surface area contributed by atoms with E-state index in [0.717, 1.165) is 0 Å². The van der Waals surface area contributed by atoms with Crippen molar-refractivity contribution >= 4 is 5.78 Å². The second kappa shape index (κ2) is 2.66. The molecule has 62 valence electrons. The van der Waals surface area contributed by atoms with E-state index in [2.05, 4.69) is 4.98 Å². The monoisotopic (exact) mass is 165 g/mol. The van der Waals surface area contributed by atoms with Gasteiger partial charge in [0.1, 0.15) is 6.17 Å². The molecular weight excluding hydrogens is 157 g/mol. The van der Waals surface area contributed by atoms with Crippen LogP contribution >= 0.6 is 0 Å². The maximum Gasteiger partial charge on any atom is 0.170 e. The van der Waals surface area contributed by atoms with Crippen molar-refractivity contribution in [3.8, 4) is 0 Å². The van der Waals surface area contributed by atoms with Crippen LogP contribution in [0.1, 0.15) is 16.8 Å². The third-order valence-corrected chi connectivity index (χ3v) is 2.00. The number of carbonyl (C=O) groups is 1. The van der Waals surface area contributed by atoms with Gasteiger partial charge in [0.2, 0.25) is 0 Å². The molecule has 1 heterocycles. The summed E-state index contributed by atoms with van der Waals surface area (Å²) in [5.41, 5.74) is 0.516. The highest BCUT2D eigenvalue weighted by atomic mass is 19.1. The van der Waals surface area contributed by atoms with Gasteiger partial charge in [-0.05, 0) is 18.6 Å². The molecule has 0 unspecified atom stereocenters. The molecule has 0 radical (unpaired) electrons. The van der Waals surface area contributed by atoms with Gasteiger partial charge >= 0.3 is 0 Å². The summed E-state index contributed by atoms with van der Waals surface area (Å²) in [5.74, 6) is -0.509. The minimum atomic E-state index is -0.919. The standard InChI is InChI=1S/C9H8FNO/c10-8-4-7(8)9(12)6-2-1-3-11-5-6/h1-3,5,7-8H,4H2/t7-,8+/m1/s1. The van der Waals surface area contributed by atoms with E-state index in [0.29, 0.717) is 12.0 Å². The van der Waals surface area contributed by atoms with Gasteiger partial charge in [-0.2, -0.15) is 0 Å². The number of rotatable bonds is 2. The summed E-state index contributed by atoms with van der Waals surface area (Å²) in [6.07, 6.45) is 2.54. The Bertz CT molecular complexity index is 299. The average Bonchev–Trinajstić information content (AvgIpc) is 2.83. The summed E-state index contributed by atoms with van der Waals surface area (Å²) in [5, 5.41) is 0. The molecule has 1 aliphatic rings. The third-order valence-electron chi connectivity index (χ3n) is 2.00. The van der Waals surface area contributed by atoms with Crippen molar-refractivity contribution in [3.63, 3.8) is 0 Å². The van der Waals surface area contributed by atoms with Crippen LogP contribution in [0.2, 0.25) is 0 Å². The molecule has 0 spiro atoms. The molecule has 0 N–H and O–H groups in total. The first kappa shape index (κ1) is 7.40. The SMILES string of the molecule is O=C(c1cccnc1)[C@@H]1C[C@@H]1F. The molecule has 12 heavy (non-hydrogen) atoms. The van der Waals surface area contributed by atoms with Gasteiger partial charge in [0.15, 0.2) is 5.78 Å². The van der Waals surface area contributed by atoms with E-state index in [1.165, 1.54) is 6.20 Å². The highest BCUT2D eigenvalue weighted by Gasteiger charge is 2.43. The summed E-state index contributed by atoms with van der Waals surface area (Å²) in [4.78, 5) is 15.1. The predicted molar refractivity (Wildman–Crippen MR) is 41.6 cm³/mol. The molecule has 0 bridgehead atoms. The fraction of sp³-hybridized carbons (Fsp3) is 0.333. The number of halogens is 1. The Morgan fingerprint density at radius 2 is 2.42 bits per heavy atom. The molecule has 2 nitrogen and oxygen atoms in total. The molecule has 3 heteroatoms. The Hall–Kier alpha value is -1.25. The van der Waals surface area contributed by atoms with Crippen molar-refractivity contribution in [2.45, 2.75) is 12.6 Å². The zero-order valence-electron chi connectivity index (χ0n) is 6.40. The van der Waals surface area contributed by atoms with Crippen molar-refractivity contribution in [2.24, 2.45) is 5.92 Å². The zero-order valence-corrected chi connectivity index (χ0v) is 6.40. The summed E-state index contributed by atoms with van der Waals surface area (Å²) < 4.78 is 12.5. The van der Waals surface area contributed by atoms with Crippen molar-refractivity contribution in [1.82, 2.24) is 4.98 Å². The van der Waals surface area contributed by atoms with Crippen LogP contribution in [0.25, 0.3) is 0 Å². The van der Waals surface area contributed by atoms with E-state index in [1.54, 1.807) is 18.3 Å². The summed E-state index contributed by atoms with van der Waals surface area (Å²) >= 11 is 0. The van der Waals surface area contributed by atoms with Crippen LogP contribution in [-0.2, 0) is 0 Å². The lowest BCUT2D eigenvalue weighted by Gasteiger charge is -1.95. The van der Waals surface area contributed by atoms with Crippen LogP contribution in [-0.4, -0.2) is 16.9 Å². The first-order valence-corrected chi connectivity index (χ1v) is 3.87. The zero-order chi connectivity index (χ0) is 8.55. The molecule has 2 atom stereocenters. The molecule has 0 amide bonds. The van der Waals surface area contributed by atoms with Crippen LogP contribution in [0.3, 0.4) is 0 Å². The van der Waals surface area contributed by atoms with Crippen LogP contribution in [0.5, 0.6) is 0 Å². The van der Waals surface area contributed by atoms with Gasteiger partial charge in [-0.1, -0.05) is 0 Å². The van der Waals surface area contributed by atoms with E-state index in [9.17, 15) is 9.18 Å². The van der Waals surface area contributed by atoms with E-state index >= 15 is 0 Å². The number of pyridine rings is 1. The highest BCUT2D eigenvalue weighted by Crippen LogP contribution is 2.36. The minimum absolute atomic E-state index is 0.115. The number of alkyl halides is 1. The lowest BCUT2D eigenvalue weighted by molar-refractivity contribution is 0.0957. The van der Waals surface area contributed by atoms with Crippen LogP contribution in [0, 0.1) is 5.92 Å².